The van der Waals surface area contributed by atoms with Gasteiger partial charge in [-0.15, -0.1) is 0 Å². The number of halogens is 2. The molecule has 2 aliphatic rings. The van der Waals surface area contributed by atoms with E-state index in [1.807, 2.05) is 0 Å². The zero-order valence-electron chi connectivity index (χ0n) is 13.8. The van der Waals surface area contributed by atoms with Crippen LogP contribution < -0.4 is 0 Å². The first-order chi connectivity index (χ1) is 10.6. The van der Waals surface area contributed by atoms with Crippen molar-refractivity contribution in [1.82, 2.24) is 0 Å². The summed E-state index contributed by atoms with van der Waals surface area (Å²) in [4.78, 5) is 0. The fraction of sp³-hybridized carbons (Fsp3) is 0.600. The van der Waals surface area contributed by atoms with Crippen molar-refractivity contribution < 1.29 is 8.78 Å². The van der Waals surface area contributed by atoms with E-state index in [1.165, 1.54) is 23.8 Å². The molecule has 0 aromatic carbocycles. The normalized spacial score (nSPS) is 31.1. The predicted octanol–water partition coefficient (Wildman–Crippen LogP) is 6.62. The van der Waals surface area contributed by atoms with Crippen molar-refractivity contribution in [3.05, 3.63) is 47.9 Å². The Bertz CT molecular complexity index is 484. The van der Waals surface area contributed by atoms with Gasteiger partial charge in [-0.3, -0.25) is 0 Å². The van der Waals surface area contributed by atoms with Crippen molar-refractivity contribution in [3.63, 3.8) is 0 Å². The summed E-state index contributed by atoms with van der Waals surface area (Å²) in [6.07, 6.45) is 16.0. The molecule has 0 aromatic heterocycles. The standard InChI is InChI=1S/C20H28F2/c1-3-5-6-15-20(18(21)9-7-10-19(20)22)17-13-11-16(8-4-2)12-14-17/h7,9-13,17-18H,3-6,8,14-15H2,1-2H3. The van der Waals surface area contributed by atoms with Gasteiger partial charge in [0.25, 0.3) is 0 Å². The SMILES string of the molecule is CCCCCC1(C2C=CC(CCC)=CC2)C(F)=CC=CC1F. The third kappa shape index (κ3) is 3.42. The molecule has 22 heavy (non-hydrogen) atoms. The van der Waals surface area contributed by atoms with Crippen LogP contribution in [0.3, 0.4) is 0 Å². The highest BCUT2D eigenvalue weighted by Gasteiger charge is 2.48. The molecule has 3 atom stereocenters. The Labute approximate surface area is 133 Å². The van der Waals surface area contributed by atoms with Crippen LogP contribution in [0.25, 0.3) is 0 Å². The molecule has 122 valence electrons. The molecular weight excluding hydrogens is 278 g/mol. The van der Waals surface area contributed by atoms with Crippen LogP contribution >= 0.6 is 0 Å². The van der Waals surface area contributed by atoms with Crippen LogP contribution in [0.2, 0.25) is 0 Å². The van der Waals surface area contributed by atoms with Gasteiger partial charge >= 0.3 is 0 Å². The predicted molar refractivity (Wildman–Crippen MR) is 90.0 cm³/mol. The molecule has 2 heteroatoms. The number of allylic oxidation sites excluding steroid dienone is 8. The molecule has 0 bridgehead atoms. The van der Waals surface area contributed by atoms with Crippen molar-refractivity contribution in [2.24, 2.45) is 11.3 Å². The molecule has 0 heterocycles. The van der Waals surface area contributed by atoms with Gasteiger partial charge in [-0.25, -0.2) is 8.78 Å². The fourth-order valence-corrected chi connectivity index (χ4v) is 3.71. The molecule has 0 saturated carbocycles. The third-order valence-electron chi connectivity index (χ3n) is 5.03. The summed E-state index contributed by atoms with van der Waals surface area (Å²) in [6.45, 7) is 4.27. The van der Waals surface area contributed by atoms with Gasteiger partial charge in [0.1, 0.15) is 12.0 Å². The maximum absolute atomic E-state index is 14.8. The Morgan fingerprint density at radius 3 is 2.59 bits per heavy atom. The quantitative estimate of drug-likeness (QED) is 0.464. The minimum absolute atomic E-state index is 0.0823. The van der Waals surface area contributed by atoms with Crippen molar-refractivity contribution in [2.45, 2.75) is 65.0 Å². The second-order valence-electron chi connectivity index (χ2n) is 6.53. The van der Waals surface area contributed by atoms with E-state index < -0.39 is 11.6 Å². The van der Waals surface area contributed by atoms with E-state index >= 15 is 0 Å². The van der Waals surface area contributed by atoms with Crippen molar-refractivity contribution in [1.29, 1.82) is 0 Å². The number of hydrogen-bond donors (Lipinski definition) is 0. The topological polar surface area (TPSA) is 0 Å². The number of hydrogen-bond acceptors (Lipinski definition) is 0. The Balaban J connectivity index is 2.21. The van der Waals surface area contributed by atoms with Crippen LogP contribution in [0.4, 0.5) is 8.78 Å². The lowest BCUT2D eigenvalue weighted by Crippen LogP contribution is -2.40. The van der Waals surface area contributed by atoms with Crippen molar-refractivity contribution in [3.8, 4) is 0 Å². The monoisotopic (exact) mass is 306 g/mol. The van der Waals surface area contributed by atoms with E-state index in [-0.39, 0.29) is 11.7 Å². The smallest absolute Gasteiger partial charge is 0.131 e. The molecule has 0 N–H and O–H groups in total. The van der Waals surface area contributed by atoms with E-state index in [1.54, 1.807) is 0 Å². The van der Waals surface area contributed by atoms with E-state index in [9.17, 15) is 8.78 Å². The average molecular weight is 306 g/mol. The van der Waals surface area contributed by atoms with Crippen LogP contribution in [0, 0.1) is 11.3 Å². The lowest BCUT2D eigenvalue weighted by molar-refractivity contribution is 0.0862. The van der Waals surface area contributed by atoms with Gasteiger partial charge in [0.2, 0.25) is 0 Å². The first kappa shape index (κ1) is 17.2. The van der Waals surface area contributed by atoms with E-state index in [0.717, 1.165) is 38.5 Å². The zero-order valence-corrected chi connectivity index (χ0v) is 13.8. The lowest BCUT2D eigenvalue weighted by atomic mass is 9.63. The summed E-state index contributed by atoms with van der Waals surface area (Å²) in [5, 5.41) is 0. The molecule has 0 spiro atoms. The maximum Gasteiger partial charge on any atom is 0.131 e. The molecule has 2 rings (SSSR count). The van der Waals surface area contributed by atoms with Gasteiger partial charge in [-0.05, 0) is 37.3 Å². The number of unbranched alkanes of at least 4 members (excludes halogenated alkanes) is 2. The van der Waals surface area contributed by atoms with Gasteiger partial charge in [-0.1, -0.05) is 69.4 Å². The van der Waals surface area contributed by atoms with Gasteiger partial charge in [0.05, 0.1) is 5.41 Å². The Kier molecular flexibility index (Phi) is 6.16. The van der Waals surface area contributed by atoms with E-state index in [4.69, 9.17) is 0 Å². The summed E-state index contributed by atoms with van der Waals surface area (Å²) in [5.74, 6) is -0.359. The van der Waals surface area contributed by atoms with E-state index in [0.29, 0.717) is 6.42 Å². The van der Waals surface area contributed by atoms with Crippen LogP contribution in [0.15, 0.2) is 47.9 Å². The Morgan fingerprint density at radius 1 is 1.18 bits per heavy atom. The number of alkyl halides is 1. The Morgan fingerprint density at radius 2 is 2.00 bits per heavy atom. The first-order valence-electron chi connectivity index (χ1n) is 8.71. The maximum atomic E-state index is 14.8. The average Bonchev–Trinajstić information content (AvgIpc) is 2.52. The molecular formula is C20H28F2. The second-order valence-corrected chi connectivity index (χ2v) is 6.53. The van der Waals surface area contributed by atoms with Crippen molar-refractivity contribution >= 4 is 0 Å². The Hall–Kier alpha value is -1.18. The summed E-state index contributed by atoms with van der Waals surface area (Å²) >= 11 is 0. The van der Waals surface area contributed by atoms with Crippen LogP contribution in [0.5, 0.6) is 0 Å². The molecule has 0 fully saturated rings. The minimum atomic E-state index is -1.23. The molecule has 0 aliphatic heterocycles. The van der Waals surface area contributed by atoms with Gasteiger partial charge < -0.3 is 0 Å². The highest BCUT2D eigenvalue weighted by atomic mass is 19.1. The molecule has 0 amide bonds. The van der Waals surface area contributed by atoms with E-state index in [2.05, 4.69) is 32.1 Å². The second kappa shape index (κ2) is 7.89. The van der Waals surface area contributed by atoms with Gasteiger partial charge in [0.15, 0.2) is 0 Å². The fourth-order valence-electron chi connectivity index (χ4n) is 3.71. The molecule has 0 aromatic rings. The van der Waals surface area contributed by atoms with Crippen LogP contribution in [0.1, 0.15) is 58.8 Å². The summed E-state index contributed by atoms with van der Waals surface area (Å²) in [7, 11) is 0. The molecule has 2 aliphatic carbocycles. The number of rotatable bonds is 7. The molecule has 0 nitrogen and oxygen atoms in total. The first-order valence-corrected chi connectivity index (χ1v) is 8.71. The van der Waals surface area contributed by atoms with Crippen molar-refractivity contribution in [2.75, 3.05) is 0 Å². The molecule has 0 radical (unpaired) electrons. The highest BCUT2D eigenvalue weighted by Crippen LogP contribution is 2.51. The summed E-state index contributed by atoms with van der Waals surface area (Å²) in [5.41, 5.74) is 0.308. The van der Waals surface area contributed by atoms with Gasteiger partial charge in [0, 0.05) is 0 Å². The molecule has 0 saturated heterocycles. The van der Waals surface area contributed by atoms with Gasteiger partial charge in [-0.2, -0.15) is 0 Å². The molecule has 3 unspecified atom stereocenters. The van der Waals surface area contributed by atoms with Crippen LogP contribution in [-0.4, -0.2) is 6.17 Å². The highest BCUT2D eigenvalue weighted by molar-refractivity contribution is 5.33. The zero-order chi connectivity index (χ0) is 16.0. The summed E-state index contributed by atoms with van der Waals surface area (Å²) in [6, 6.07) is 0. The largest absolute Gasteiger partial charge is 0.242 e. The van der Waals surface area contributed by atoms with Crippen LogP contribution in [-0.2, 0) is 0 Å². The minimum Gasteiger partial charge on any atom is -0.242 e. The lowest BCUT2D eigenvalue weighted by Gasteiger charge is -2.42. The third-order valence-corrected chi connectivity index (χ3v) is 5.03. The summed E-state index contributed by atoms with van der Waals surface area (Å²) < 4.78 is 29.5.